The van der Waals surface area contributed by atoms with Gasteiger partial charge in [-0.2, -0.15) is 0 Å². The third-order valence-corrected chi connectivity index (χ3v) is 3.45. The van der Waals surface area contributed by atoms with Gasteiger partial charge in [-0.1, -0.05) is 28.9 Å². The summed E-state index contributed by atoms with van der Waals surface area (Å²) in [5.41, 5.74) is 0.922. The van der Waals surface area contributed by atoms with E-state index in [1.165, 1.54) is 4.68 Å². The number of halogens is 1. The third kappa shape index (κ3) is 2.57. The van der Waals surface area contributed by atoms with Gasteiger partial charge in [0.15, 0.2) is 0 Å². The molecule has 2 aromatic heterocycles. The van der Waals surface area contributed by atoms with Crippen LogP contribution in [-0.2, 0) is 6.54 Å². The van der Waals surface area contributed by atoms with Crippen LogP contribution in [0.15, 0.2) is 41.2 Å². The van der Waals surface area contributed by atoms with Gasteiger partial charge < -0.3 is 5.32 Å². The molecule has 0 aliphatic carbocycles. The molecule has 0 radical (unpaired) electrons. The van der Waals surface area contributed by atoms with E-state index in [1.807, 2.05) is 6.07 Å². The molecular weight excluding hydrogens is 290 g/mol. The van der Waals surface area contributed by atoms with Gasteiger partial charge in [0.05, 0.1) is 22.6 Å². The van der Waals surface area contributed by atoms with Crippen LogP contribution in [0.3, 0.4) is 0 Å². The van der Waals surface area contributed by atoms with E-state index in [2.05, 4.69) is 20.6 Å². The summed E-state index contributed by atoms with van der Waals surface area (Å²) in [7, 11) is 1.77. The lowest BCUT2D eigenvalue weighted by Gasteiger charge is -2.08. The first-order chi connectivity index (χ1) is 10.2. The van der Waals surface area contributed by atoms with Gasteiger partial charge in [-0.15, -0.1) is 5.10 Å². The van der Waals surface area contributed by atoms with Gasteiger partial charge in [-0.05, 0) is 24.3 Å². The molecule has 1 N–H and O–H groups in total. The highest BCUT2D eigenvalue weighted by Crippen LogP contribution is 2.17. The van der Waals surface area contributed by atoms with Crippen LogP contribution in [0.1, 0.15) is 5.69 Å². The molecule has 0 bridgehead atoms. The highest BCUT2D eigenvalue weighted by molar-refractivity contribution is 6.31. The standard InChI is InChI=1S/C14H12ClN5O/c1-16-13-7-6-10(15)12(17-13)8-20-14(21)9-4-2-3-5-11(9)18-19-20/h2-7H,8H2,1H3,(H,16,17). The number of pyridine rings is 1. The van der Waals surface area contributed by atoms with E-state index >= 15 is 0 Å². The van der Waals surface area contributed by atoms with E-state index in [0.717, 1.165) is 0 Å². The number of hydrogen-bond donors (Lipinski definition) is 1. The quantitative estimate of drug-likeness (QED) is 0.800. The van der Waals surface area contributed by atoms with Crippen molar-refractivity contribution >= 4 is 28.3 Å². The number of nitrogens with one attached hydrogen (secondary N) is 1. The van der Waals surface area contributed by atoms with Crippen LogP contribution in [0.2, 0.25) is 5.02 Å². The fourth-order valence-electron chi connectivity index (χ4n) is 2.00. The summed E-state index contributed by atoms with van der Waals surface area (Å²) in [6.45, 7) is 0.172. The largest absolute Gasteiger partial charge is 0.373 e. The van der Waals surface area contributed by atoms with Crippen molar-refractivity contribution in [2.45, 2.75) is 6.54 Å². The first-order valence-electron chi connectivity index (χ1n) is 6.35. The maximum absolute atomic E-state index is 12.4. The van der Waals surface area contributed by atoms with Crippen LogP contribution in [0, 0.1) is 0 Å². The van der Waals surface area contributed by atoms with Crippen molar-refractivity contribution < 1.29 is 0 Å². The van der Waals surface area contributed by atoms with Gasteiger partial charge in [-0.25, -0.2) is 9.67 Å². The zero-order valence-electron chi connectivity index (χ0n) is 11.2. The molecule has 0 amide bonds. The van der Waals surface area contributed by atoms with Gasteiger partial charge in [-0.3, -0.25) is 4.79 Å². The summed E-state index contributed by atoms with van der Waals surface area (Å²) >= 11 is 6.12. The molecule has 0 aliphatic heterocycles. The number of rotatable bonds is 3. The summed E-state index contributed by atoms with van der Waals surface area (Å²) in [5, 5.41) is 11.9. The zero-order chi connectivity index (χ0) is 14.8. The summed E-state index contributed by atoms with van der Waals surface area (Å²) in [6, 6.07) is 10.6. The van der Waals surface area contributed by atoms with Crippen molar-refractivity contribution in [3.05, 3.63) is 57.5 Å². The molecule has 2 heterocycles. The van der Waals surface area contributed by atoms with Gasteiger partial charge in [0.25, 0.3) is 5.56 Å². The van der Waals surface area contributed by atoms with Gasteiger partial charge in [0.2, 0.25) is 0 Å². The molecule has 106 valence electrons. The fraction of sp³-hybridized carbons (Fsp3) is 0.143. The van der Waals surface area contributed by atoms with Crippen molar-refractivity contribution in [2.75, 3.05) is 12.4 Å². The molecule has 7 heteroatoms. The lowest BCUT2D eigenvalue weighted by molar-refractivity contribution is 0.592. The van der Waals surface area contributed by atoms with E-state index in [-0.39, 0.29) is 12.1 Å². The van der Waals surface area contributed by atoms with Crippen LogP contribution >= 0.6 is 11.6 Å². The Hall–Kier alpha value is -2.47. The molecule has 0 spiro atoms. The maximum atomic E-state index is 12.4. The normalized spacial score (nSPS) is 10.8. The lowest BCUT2D eigenvalue weighted by atomic mass is 10.2. The Kier molecular flexibility index (Phi) is 3.53. The molecule has 0 saturated heterocycles. The molecular formula is C14H12ClN5O. The first kappa shape index (κ1) is 13.5. The summed E-state index contributed by atoms with van der Waals surface area (Å²) in [5.74, 6) is 0.677. The molecule has 3 aromatic rings. The minimum Gasteiger partial charge on any atom is -0.373 e. The second-order valence-electron chi connectivity index (χ2n) is 4.44. The number of fused-ring (bicyclic) bond motifs is 1. The maximum Gasteiger partial charge on any atom is 0.277 e. The highest BCUT2D eigenvalue weighted by atomic mass is 35.5. The number of benzene rings is 1. The van der Waals surface area contributed by atoms with Gasteiger partial charge >= 0.3 is 0 Å². The van der Waals surface area contributed by atoms with E-state index in [4.69, 9.17) is 11.6 Å². The minimum atomic E-state index is -0.215. The second-order valence-corrected chi connectivity index (χ2v) is 4.85. The van der Waals surface area contributed by atoms with Crippen molar-refractivity contribution in [3.63, 3.8) is 0 Å². The van der Waals surface area contributed by atoms with Crippen molar-refractivity contribution in [2.24, 2.45) is 0 Å². The van der Waals surface area contributed by atoms with Crippen molar-refractivity contribution in [3.8, 4) is 0 Å². The van der Waals surface area contributed by atoms with Crippen LogP contribution < -0.4 is 10.9 Å². The Morgan fingerprint density at radius 3 is 2.86 bits per heavy atom. The third-order valence-electron chi connectivity index (χ3n) is 3.10. The molecule has 1 aromatic carbocycles. The Labute approximate surface area is 125 Å². The van der Waals surface area contributed by atoms with E-state index < -0.39 is 0 Å². The molecule has 0 atom stereocenters. The van der Waals surface area contributed by atoms with Crippen molar-refractivity contribution in [1.82, 2.24) is 20.0 Å². The Morgan fingerprint density at radius 1 is 1.24 bits per heavy atom. The summed E-state index contributed by atoms with van der Waals surface area (Å²) in [4.78, 5) is 16.7. The topological polar surface area (TPSA) is 72.7 Å². The average molecular weight is 302 g/mol. The Morgan fingerprint density at radius 2 is 2.05 bits per heavy atom. The summed E-state index contributed by atoms with van der Waals surface area (Å²) < 4.78 is 1.26. The highest BCUT2D eigenvalue weighted by Gasteiger charge is 2.09. The van der Waals surface area contributed by atoms with Crippen LogP contribution in [0.25, 0.3) is 10.9 Å². The number of aromatic nitrogens is 4. The molecule has 21 heavy (non-hydrogen) atoms. The molecule has 0 fully saturated rings. The molecule has 0 aliphatic rings. The van der Waals surface area contributed by atoms with Gasteiger partial charge in [0, 0.05) is 7.05 Å². The van der Waals surface area contributed by atoms with Crippen LogP contribution in [0.4, 0.5) is 5.82 Å². The SMILES string of the molecule is CNc1ccc(Cl)c(Cn2nnc3ccccc3c2=O)n1. The van der Waals surface area contributed by atoms with Gasteiger partial charge in [0.1, 0.15) is 11.3 Å². The molecule has 0 saturated carbocycles. The fourth-order valence-corrected chi connectivity index (χ4v) is 2.17. The molecule has 6 nitrogen and oxygen atoms in total. The van der Waals surface area contributed by atoms with E-state index in [0.29, 0.717) is 27.4 Å². The monoisotopic (exact) mass is 301 g/mol. The Bertz CT molecular complexity index is 861. The van der Waals surface area contributed by atoms with Crippen molar-refractivity contribution in [1.29, 1.82) is 0 Å². The minimum absolute atomic E-state index is 0.172. The number of nitrogens with zero attached hydrogens (tertiary/aromatic N) is 4. The van der Waals surface area contributed by atoms with Crippen LogP contribution in [0.5, 0.6) is 0 Å². The number of anilines is 1. The zero-order valence-corrected chi connectivity index (χ0v) is 12.0. The number of hydrogen-bond acceptors (Lipinski definition) is 5. The molecule has 0 unspecified atom stereocenters. The van der Waals surface area contributed by atoms with E-state index in [1.54, 1.807) is 37.4 Å². The first-order valence-corrected chi connectivity index (χ1v) is 6.72. The summed E-state index contributed by atoms with van der Waals surface area (Å²) in [6.07, 6.45) is 0. The predicted molar refractivity (Wildman–Crippen MR) is 81.7 cm³/mol. The lowest BCUT2D eigenvalue weighted by Crippen LogP contribution is -2.25. The van der Waals surface area contributed by atoms with Crippen LogP contribution in [-0.4, -0.2) is 27.0 Å². The van der Waals surface area contributed by atoms with E-state index in [9.17, 15) is 4.79 Å². The Balaban J connectivity index is 2.06. The second kappa shape index (κ2) is 5.49. The predicted octanol–water partition coefficient (Wildman–Crippen LogP) is 1.93. The molecule has 3 rings (SSSR count). The average Bonchev–Trinajstić information content (AvgIpc) is 2.52. The smallest absolute Gasteiger partial charge is 0.277 e.